The second kappa shape index (κ2) is 12.6. The highest BCUT2D eigenvalue weighted by Gasteiger charge is 2.22. The SMILES string of the molecule is CN=C(NCc1cccc(OCC(F)F)c1)NCC(CC(C)C)N1CCOCC1. The number of benzene rings is 1. The van der Waals surface area contributed by atoms with E-state index in [9.17, 15) is 8.78 Å². The average Bonchev–Trinajstić information content (AvgIpc) is 2.72. The van der Waals surface area contributed by atoms with Crippen LogP contribution in [0.5, 0.6) is 5.75 Å². The first-order chi connectivity index (χ1) is 14.0. The molecule has 0 bridgehead atoms. The van der Waals surface area contributed by atoms with E-state index in [0.29, 0.717) is 30.2 Å². The summed E-state index contributed by atoms with van der Waals surface area (Å²) >= 11 is 0. The first kappa shape index (κ1) is 23.3. The summed E-state index contributed by atoms with van der Waals surface area (Å²) in [7, 11) is 1.74. The molecule has 1 heterocycles. The maximum absolute atomic E-state index is 12.3. The Morgan fingerprint density at radius 1 is 1.24 bits per heavy atom. The second-order valence-electron chi connectivity index (χ2n) is 7.59. The van der Waals surface area contributed by atoms with Crippen LogP contribution in [0.1, 0.15) is 25.8 Å². The number of morpholine rings is 1. The zero-order valence-electron chi connectivity index (χ0n) is 17.7. The first-order valence-electron chi connectivity index (χ1n) is 10.2. The maximum Gasteiger partial charge on any atom is 0.272 e. The molecule has 2 N–H and O–H groups in total. The molecule has 1 aliphatic rings. The van der Waals surface area contributed by atoms with Crippen LogP contribution in [0.2, 0.25) is 0 Å². The summed E-state index contributed by atoms with van der Waals surface area (Å²) in [5, 5.41) is 6.70. The molecule has 0 aromatic heterocycles. The number of nitrogens with one attached hydrogen (secondary N) is 2. The molecule has 0 spiro atoms. The van der Waals surface area contributed by atoms with Gasteiger partial charge in [-0.25, -0.2) is 8.78 Å². The lowest BCUT2D eigenvalue weighted by Gasteiger charge is -2.35. The van der Waals surface area contributed by atoms with Gasteiger partial charge in [-0.15, -0.1) is 0 Å². The fourth-order valence-corrected chi connectivity index (χ4v) is 3.37. The van der Waals surface area contributed by atoms with Crippen molar-refractivity contribution in [2.75, 3.05) is 46.5 Å². The number of alkyl halides is 2. The van der Waals surface area contributed by atoms with Gasteiger partial charge in [-0.05, 0) is 30.0 Å². The molecule has 0 aliphatic carbocycles. The van der Waals surface area contributed by atoms with E-state index in [1.807, 2.05) is 6.07 Å². The molecule has 1 aliphatic heterocycles. The predicted octanol–water partition coefficient (Wildman–Crippen LogP) is 2.74. The van der Waals surface area contributed by atoms with Crippen molar-refractivity contribution in [1.29, 1.82) is 0 Å². The molecule has 1 fully saturated rings. The molecule has 0 radical (unpaired) electrons. The Hall–Kier alpha value is -1.93. The van der Waals surface area contributed by atoms with Crippen LogP contribution in [0.15, 0.2) is 29.3 Å². The number of nitrogens with zero attached hydrogens (tertiary/aromatic N) is 2. The van der Waals surface area contributed by atoms with Gasteiger partial charge < -0.3 is 20.1 Å². The fraction of sp³-hybridized carbons (Fsp3) is 0.667. The van der Waals surface area contributed by atoms with Crippen LogP contribution in [-0.4, -0.2) is 69.8 Å². The highest BCUT2D eigenvalue weighted by molar-refractivity contribution is 5.79. The molecule has 6 nitrogen and oxygen atoms in total. The molecule has 1 aromatic rings. The summed E-state index contributed by atoms with van der Waals surface area (Å²) in [6.07, 6.45) is -1.38. The minimum absolute atomic E-state index is 0.420. The standard InChI is InChI=1S/C21H34F2N4O2/c1-16(2)11-18(27-7-9-28-10-8-27)14-26-21(24-3)25-13-17-5-4-6-19(12-17)29-15-20(22)23/h4-6,12,16,18,20H,7-11,13-15H2,1-3H3,(H2,24,25,26). The van der Waals surface area contributed by atoms with Crippen molar-refractivity contribution in [3.05, 3.63) is 29.8 Å². The van der Waals surface area contributed by atoms with Crippen LogP contribution in [-0.2, 0) is 11.3 Å². The van der Waals surface area contributed by atoms with Crippen molar-refractivity contribution in [1.82, 2.24) is 15.5 Å². The lowest BCUT2D eigenvalue weighted by atomic mass is 10.0. The van der Waals surface area contributed by atoms with E-state index in [4.69, 9.17) is 9.47 Å². The van der Waals surface area contributed by atoms with Crippen molar-refractivity contribution in [3.63, 3.8) is 0 Å². The van der Waals surface area contributed by atoms with Gasteiger partial charge in [-0.2, -0.15) is 0 Å². The van der Waals surface area contributed by atoms with Crippen LogP contribution < -0.4 is 15.4 Å². The second-order valence-corrected chi connectivity index (χ2v) is 7.59. The summed E-state index contributed by atoms with van der Waals surface area (Å²) in [4.78, 5) is 6.78. The van der Waals surface area contributed by atoms with Crippen LogP contribution in [0.3, 0.4) is 0 Å². The highest BCUT2D eigenvalue weighted by atomic mass is 19.3. The third kappa shape index (κ3) is 8.95. The predicted molar refractivity (Wildman–Crippen MR) is 112 cm³/mol. The monoisotopic (exact) mass is 412 g/mol. The van der Waals surface area contributed by atoms with Crippen LogP contribution in [0, 0.1) is 5.92 Å². The molecule has 29 heavy (non-hydrogen) atoms. The van der Waals surface area contributed by atoms with Gasteiger partial charge in [0.15, 0.2) is 5.96 Å². The lowest BCUT2D eigenvalue weighted by molar-refractivity contribution is 0.0132. The Labute approximate surface area is 172 Å². The topological polar surface area (TPSA) is 58.1 Å². The zero-order valence-corrected chi connectivity index (χ0v) is 17.7. The summed E-state index contributed by atoms with van der Waals surface area (Å²) in [5.74, 6) is 1.76. The Morgan fingerprint density at radius 3 is 2.66 bits per heavy atom. The van der Waals surface area contributed by atoms with Crippen LogP contribution in [0.25, 0.3) is 0 Å². The molecular formula is C21H34F2N4O2. The molecule has 0 saturated carbocycles. The van der Waals surface area contributed by atoms with Gasteiger partial charge in [-0.3, -0.25) is 9.89 Å². The van der Waals surface area contributed by atoms with Gasteiger partial charge in [0.1, 0.15) is 12.4 Å². The third-order valence-corrected chi connectivity index (χ3v) is 4.77. The van der Waals surface area contributed by atoms with Crippen molar-refractivity contribution in [3.8, 4) is 5.75 Å². The first-order valence-corrected chi connectivity index (χ1v) is 10.2. The Morgan fingerprint density at radius 2 is 2.00 bits per heavy atom. The van der Waals surface area contributed by atoms with E-state index in [1.54, 1.807) is 25.2 Å². The Balaban J connectivity index is 1.85. The van der Waals surface area contributed by atoms with Gasteiger partial charge in [0.2, 0.25) is 0 Å². The number of halogens is 2. The zero-order chi connectivity index (χ0) is 21.1. The van der Waals surface area contributed by atoms with Gasteiger partial charge in [0.05, 0.1) is 13.2 Å². The molecule has 1 atom stereocenters. The molecule has 164 valence electrons. The lowest BCUT2D eigenvalue weighted by Crippen LogP contribution is -2.50. The van der Waals surface area contributed by atoms with Crippen molar-refractivity contribution in [2.45, 2.75) is 39.3 Å². The summed E-state index contributed by atoms with van der Waals surface area (Å²) in [6.45, 7) is 8.68. The molecule has 1 saturated heterocycles. The highest BCUT2D eigenvalue weighted by Crippen LogP contribution is 2.15. The third-order valence-electron chi connectivity index (χ3n) is 4.77. The smallest absolute Gasteiger partial charge is 0.272 e. The fourth-order valence-electron chi connectivity index (χ4n) is 3.37. The molecule has 8 heteroatoms. The van der Waals surface area contributed by atoms with Gasteiger partial charge >= 0.3 is 0 Å². The molecular weight excluding hydrogens is 378 g/mol. The molecule has 1 aromatic carbocycles. The van der Waals surface area contributed by atoms with E-state index < -0.39 is 13.0 Å². The van der Waals surface area contributed by atoms with E-state index in [-0.39, 0.29) is 0 Å². The van der Waals surface area contributed by atoms with Crippen LogP contribution in [0.4, 0.5) is 8.78 Å². The van der Waals surface area contributed by atoms with Crippen molar-refractivity contribution >= 4 is 5.96 Å². The number of guanidine groups is 1. The molecule has 1 unspecified atom stereocenters. The van der Waals surface area contributed by atoms with E-state index in [1.165, 1.54) is 0 Å². The Bertz CT molecular complexity index is 622. The number of hydrogen-bond donors (Lipinski definition) is 2. The van der Waals surface area contributed by atoms with Crippen molar-refractivity contribution in [2.24, 2.45) is 10.9 Å². The van der Waals surface area contributed by atoms with Gasteiger partial charge in [0, 0.05) is 39.3 Å². The Kier molecular flexibility index (Phi) is 10.1. The van der Waals surface area contributed by atoms with Gasteiger partial charge in [0.25, 0.3) is 6.43 Å². The minimum Gasteiger partial charge on any atom is -0.488 e. The molecule has 2 rings (SSSR count). The minimum atomic E-state index is -2.48. The van der Waals surface area contributed by atoms with E-state index in [2.05, 4.69) is 34.4 Å². The van der Waals surface area contributed by atoms with E-state index >= 15 is 0 Å². The number of ether oxygens (including phenoxy) is 2. The summed E-state index contributed by atoms with van der Waals surface area (Å²) in [6, 6.07) is 7.58. The number of aliphatic imine (C=N–C) groups is 1. The van der Waals surface area contributed by atoms with E-state index in [0.717, 1.165) is 44.8 Å². The normalized spacial score (nSPS) is 16.9. The molecule has 0 amide bonds. The quantitative estimate of drug-likeness (QED) is 0.457. The number of rotatable bonds is 10. The average molecular weight is 413 g/mol. The van der Waals surface area contributed by atoms with Crippen LogP contribution >= 0.6 is 0 Å². The number of hydrogen-bond acceptors (Lipinski definition) is 4. The maximum atomic E-state index is 12.3. The summed E-state index contributed by atoms with van der Waals surface area (Å²) < 4.78 is 35.2. The summed E-state index contributed by atoms with van der Waals surface area (Å²) in [5.41, 5.74) is 0.937. The van der Waals surface area contributed by atoms with Crippen molar-refractivity contribution < 1.29 is 18.3 Å². The largest absolute Gasteiger partial charge is 0.488 e. The van der Waals surface area contributed by atoms with Gasteiger partial charge in [-0.1, -0.05) is 26.0 Å².